The SMILES string of the molecule is Cc1noc(Cl)c1CC(=O)NC[C@](C)(O)c1ccc(F)cc1F. The number of aromatic nitrogens is 1. The average molecular weight is 345 g/mol. The maximum absolute atomic E-state index is 13.7. The number of aliphatic hydroxyl groups is 1. The molecule has 0 fully saturated rings. The molecule has 124 valence electrons. The molecule has 0 saturated heterocycles. The van der Waals surface area contributed by atoms with Crippen molar-refractivity contribution >= 4 is 17.5 Å². The minimum atomic E-state index is -1.69. The Morgan fingerprint density at radius 3 is 2.74 bits per heavy atom. The number of rotatable bonds is 5. The number of nitrogens with one attached hydrogen (secondary N) is 1. The Balaban J connectivity index is 2.02. The Kier molecular flexibility index (Phi) is 5.01. The summed E-state index contributed by atoms with van der Waals surface area (Å²) >= 11 is 5.77. The van der Waals surface area contributed by atoms with E-state index in [1.807, 2.05) is 0 Å². The summed E-state index contributed by atoms with van der Waals surface area (Å²) in [5.74, 6) is -2.08. The number of hydrogen-bond acceptors (Lipinski definition) is 4. The fourth-order valence-electron chi connectivity index (χ4n) is 2.07. The molecule has 1 aromatic heterocycles. The van der Waals surface area contributed by atoms with Crippen LogP contribution in [0.5, 0.6) is 0 Å². The number of hydrogen-bond donors (Lipinski definition) is 2. The molecule has 0 radical (unpaired) electrons. The molecule has 0 bridgehead atoms. The van der Waals surface area contributed by atoms with Gasteiger partial charge in [-0.2, -0.15) is 0 Å². The van der Waals surface area contributed by atoms with Crippen molar-refractivity contribution in [1.29, 1.82) is 0 Å². The summed E-state index contributed by atoms with van der Waals surface area (Å²) in [5.41, 5.74) is -0.877. The first-order valence-electron chi connectivity index (χ1n) is 6.76. The van der Waals surface area contributed by atoms with E-state index in [0.717, 1.165) is 12.1 Å². The van der Waals surface area contributed by atoms with Crippen LogP contribution in [0.2, 0.25) is 5.22 Å². The summed E-state index contributed by atoms with van der Waals surface area (Å²) in [7, 11) is 0. The van der Waals surface area contributed by atoms with Crippen molar-refractivity contribution < 1.29 is 23.2 Å². The van der Waals surface area contributed by atoms with Crippen molar-refractivity contribution in [3.63, 3.8) is 0 Å². The molecule has 2 N–H and O–H groups in total. The molecule has 5 nitrogen and oxygen atoms in total. The monoisotopic (exact) mass is 344 g/mol. The summed E-state index contributed by atoms with van der Waals surface area (Å²) in [5, 5.41) is 16.4. The van der Waals surface area contributed by atoms with Crippen molar-refractivity contribution in [2.24, 2.45) is 0 Å². The van der Waals surface area contributed by atoms with E-state index in [-0.39, 0.29) is 23.7 Å². The van der Waals surface area contributed by atoms with Gasteiger partial charge in [0, 0.05) is 17.2 Å². The lowest BCUT2D eigenvalue weighted by Gasteiger charge is -2.24. The standard InChI is InChI=1S/C15H15ClF2N2O3/c1-8-10(14(16)23-20-8)6-13(21)19-7-15(2,22)11-4-3-9(17)5-12(11)18/h3-5,22H,6-7H2,1-2H3,(H,19,21)/t15-/m0/s1. The van der Waals surface area contributed by atoms with Crippen LogP contribution in [0.4, 0.5) is 8.78 Å². The van der Waals surface area contributed by atoms with Crippen LogP contribution in [-0.4, -0.2) is 22.7 Å². The maximum atomic E-state index is 13.7. The third kappa shape index (κ3) is 4.05. The number of benzene rings is 1. The minimum Gasteiger partial charge on any atom is -0.383 e. The van der Waals surface area contributed by atoms with Gasteiger partial charge in [0.1, 0.15) is 17.2 Å². The smallest absolute Gasteiger partial charge is 0.229 e. The molecule has 23 heavy (non-hydrogen) atoms. The van der Waals surface area contributed by atoms with Gasteiger partial charge in [-0.05, 0) is 31.5 Å². The van der Waals surface area contributed by atoms with E-state index in [1.54, 1.807) is 6.92 Å². The lowest BCUT2D eigenvalue weighted by molar-refractivity contribution is -0.121. The van der Waals surface area contributed by atoms with E-state index in [1.165, 1.54) is 6.92 Å². The average Bonchev–Trinajstić information content (AvgIpc) is 2.77. The molecule has 0 aliphatic carbocycles. The number of aryl methyl sites for hydroxylation is 1. The van der Waals surface area contributed by atoms with Crippen LogP contribution in [0.15, 0.2) is 22.7 Å². The molecule has 1 atom stereocenters. The molecule has 8 heteroatoms. The van der Waals surface area contributed by atoms with E-state index in [4.69, 9.17) is 16.1 Å². The second-order valence-corrected chi connectivity index (χ2v) is 5.72. The van der Waals surface area contributed by atoms with Gasteiger partial charge in [-0.3, -0.25) is 4.79 Å². The van der Waals surface area contributed by atoms with E-state index in [9.17, 15) is 18.7 Å². The van der Waals surface area contributed by atoms with Crippen molar-refractivity contribution in [3.8, 4) is 0 Å². The van der Waals surface area contributed by atoms with E-state index in [0.29, 0.717) is 17.3 Å². The van der Waals surface area contributed by atoms with Crippen LogP contribution in [0, 0.1) is 18.6 Å². The number of nitrogens with zero attached hydrogens (tertiary/aromatic N) is 1. The summed E-state index contributed by atoms with van der Waals surface area (Å²) in [6.07, 6.45) is -0.0872. The summed E-state index contributed by atoms with van der Waals surface area (Å²) in [6, 6.07) is 2.85. The number of carbonyl (C=O) groups excluding carboxylic acids is 1. The maximum Gasteiger partial charge on any atom is 0.229 e. The highest BCUT2D eigenvalue weighted by Gasteiger charge is 2.28. The van der Waals surface area contributed by atoms with E-state index >= 15 is 0 Å². The molecular formula is C15H15ClF2N2O3. The molecule has 1 heterocycles. The normalized spacial score (nSPS) is 13.7. The highest BCUT2D eigenvalue weighted by Crippen LogP contribution is 2.24. The van der Waals surface area contributed by atoms with Gasteiger partial charge in [-0.25, -0.2) is 8.78 Å². The van der Waals surface area contributed by atoms with Crippen LogP contribution in [0.25, 0.3) is 0 Å². The van der Waals surface area contributed by atoms with Gasteiger partial charge >= 0.3 is 0 Å². The van der Waals surface area contributed by atoms with Crippen LogP contribution >= 0.6 is 11.6 Å². The number of amides is 1. The van der Waals surface area contributed by atoms with Gasteiger partial charge in [0.15, 0.2) is 0 Å². The quantitative estimate of drug-likeness (QED) is 0.873. The van der Waals surface area contributed by atoms with Crippen molar-refractivity contribution in [1.82, 2.24) is 10.5 Å². The first kappa shape index (κ1) is 17.4. The van der Waals surface area contributed by atoms with Gasteiger partial charge in [-0.1, -0.05) is 11.2 Å². The predicted molar refractivity (Wildman–Crippen MR) is 78.9 cm³/mol. The highest BCUT2D eigenvalue weighted by molar-refractivity contribution is 6.29. The molecule has 2 aromatic rings. The molecule has 2 rings (SSSR count). The van der Waals surface area contributed by atoms with Crippen LogP contribution in [0.1, 0.15) is 23.7 Å². The molecule has 0 aliphatic heterocycles. The molecule has 1 aromatic carbocycles. The molecule has 0 saturated carbocycles. The van der Waals surface area contributed by atoms with Gasteiger partial charge in [-0.15, -0.1) is 0 Å². The van der Waals surface area contributed by atoms with Gasteiger partial charge in [0.2, 0.25) is 11.1 Å². The fourth-order valence-corrected chi connectivity index (χ4v) is 2.31. The topological polar surface area (TPSA) is 75.4 Å². The first-order valence-corrected chi connectivity index (χ1v) is 7.14. The number of carbonyl (C=O) groups is 1. The van der Waals surface area contributed by atoms with Crippen molar-refractivity contribution in [3.05, 3.63) is 51.9 Å². The zero-order chi connectivity index (χ0) is 17.2. The zero-order valence-corrected chi connectivity index (χ0v) is 13.2. The van der Waals surface area contributed by atoms with Crippen LogP contribution in [-0.2, 0) is 16.8 Å². The summed E-state index contributed by atoms with van der Waals surface area (Å²) in [6.45, 7) is 2.71. The van der Waals surface area contributed by atoms with E-state index < -0.39 is 23.1 Å². The highest BCUT2D eigenvalue weighted by atomic mass is 35.5. The molecule has 0 unspecified atom stereocenters. The van der Waals surface area contributed by atoms with Crippen molar-refractivity contribution in [2.45, 2.75) is 25.9 Å². The minimum absolute atomic E-state index is 0.0222. The van der Waals surface area contributed by atoms with Crippen molar-refractivity contribution in [2.75, 3.05) is 6.54 Å². The lowest BCUT2D eigenvalue weighted by atomic mass is 9.95. The molecule has 1 amide bonds. The Bertz CT molecular complexity index is 712. The molecule has 0 spiro atoms. The van der Waals surface area contributed by atoms with Crippen LogP contribution in [0.3, 0.4) is 0 Å². The number of halogens is 3. The Morgan fingerprint density at radius 1 is 1.48 bits per heavy atom. The third-order valence-electron chi connectivity index (χ3n) is 3.42. The molecule has 0 aliphatic rings. The summed E-state index contributed by atoms with van der Waals surface area (Å²) < 4.78 is 31.4. The predicted octanol–water partition coefficient (Wildman–Crippen LogP) is 2.48. The fraction of sp³-hybridized carbons (Fsp3) is 0.333. The second kappa shape index (κ2) is 6.64. The third-order valence-corrected chi connectivity index (χ3v) is 3.71. The largest absolute Gasteiger partial charge is 0.383 e. The van der Waals surface area contributed by atoms with Gasteiger partial charge in [0.25, 0.3) is 0 Å². The summed E-state index contributed by atoms with van der Waals surface area (Å²) in [4.78, 5) is 11.9. The van der Waals surface area contributed by atoms with E-state index in [2.05, 4.69) is 10.5 Å². The van der Waals surface area contributed by atoms with Gasteiger partial charge < -0.3 is 14.9 Å². The second-order valence-electron chi connectivity index (χ2n) is 5.37. The van der Waals surface area contributed by atoms with Gasteiger partial charge in [0.05, 0.1) is 18.7 Å². The van der Waals surface area contributed by atoms with Crippen LogP contribution < -0.4 is 5.32 Å². The molecular weight excluding hydrogens is 330 g/mol. The zero-order valence-electron chi connectivity index (χ0n) is 12.5. The Hall–Kier alpha value is -1.99. The Morgan fingerprint density at radius 2 is 2.17 bits per heavy atom. The Labute approximate surface area is 136 Å². The first-order chi connectivity index (χ1) is 10.7. The lowest BCUT2D eigenvalue weighted by Crippen LogP contribution is -2.39.